The standard InChI is InChI=1S/C14H20N2O3/c1-4-5-12(16-9-14(15)17)11-8-10(18-2)6-7-13(11)19-3/h6-8H,4-5,9H2,1-3H3,(H2,15,17). The van der Waals surface area contributed by atoms with Gasteiger partial charge in [-0.05, 0) is 24.6 Å². The van der Waals surface area contributed by atoms with Crippen LogP contribution < -0.4 is 15.2 Å². The number of hydrogen-bond acceptors (Lipinski definition) is 4. The lowest BCUT2D eigenvalue weighted by molar-refractivity contribution is -0.116. The molecule has 0 heterocycles. The van der Waals surface area contributed by atoms with Crippen molar-refractivity contribution < 1.29 is 14.3 Å². The molecule has 1 aromatic carbocycles. The number of hydrogen-bond donors (Lipinski definition) is 1. The van der Waals surface area contributed by atoms with Gasteiger partial charge in [0.15, 0.2) is 0 Å². The predicted octanol–water partition coefficient (Wildman–Crippen LogP) is 1.78. The Morgan fingerprint density at radius 2 is 2.05 bits per heavy atom. The van der Waals surface area contributed by atoms with Crippen LogP contribution in [0, 0.1) is 0 Å². The van der Waals surface area contributed by atoms with E-state index in [-0.39, 0.29) is 6.54 Å². The first-order chi connectivity index (χ1) is 9.12. The molecule has 0 fully saturated rings. The molecule has 0 saturated carbocycles. The third-order valence-electron chi connectivity index (χ3n) is 2.63. The molecule has 0 radical (unpaired) electrons. The quantitative estimate of drug-likeness (QED) is 0.763. The maximum atomic E-state index is 10.9. The summed E-state index contributed by atoms with van der Waals surface area (Å²) in [5, 5.41) is 0. The Bertz CT molecular complexity index is 470. The van der Waals surface area contributed by atoms with Gasteiger partial charge in [0.1, 0.15) is 18.0 Å². The second-order valence-corrected chi connectivity index (χ2v) is 4.05. The number of carbonyl (C=O) groups is 1. The number of carbonyl (C=O) groups excluding carboxylic acids is 1. The third-order valence-corrected chi connectivity index (χ3v) is 2.63. The molecule has 0 aromatic heterocycles. The lowest BCUT2D eigenvalue weighted by Gasteiger charge is -2.12. The maximum Gasteiger partial charge on any atom is 0.239 e. The van der Waals surface area contributed by atoms with Crippen LogP contribution in [-0.2, 0) is 4.79 Å². The number of primary amides is 1. The van der Waals surface area contributed by atoms with Gasteiger partial charge < -0.3 is 15.2 Å². The molecule has 5 nitrogen and oxygen atoms in total. The molecule has 0 saturated heterocycles. The Hall–Kier alpha value is -2.04. The van der Waals surface area contributed by atoms with Crippen LogP contribution in [-0.4, -0.2) is 32.4 Å². The Morgan fingerprint density at radius 1 is 1.32 bits per heavy atom. The van der Waals surface area contributed by atoms with E-state index in [1.807, 2.05) is 25.1 Å². The summed E-state index contributed by atoms with van der Waals surface area (Å²) >= 11 is 0. The number of amides is 1. The van der Waals surface area contributed by atoms with E-state index in [1.54, 1.807) is 14.2 Å². The summed E-state index contributed by atoms with van der Waals surface area (Å²) in [6, 6.07) is 5.50. The molecule has 1 rings (SSSR count). The SMILES string of the molecule is CCCC(=NCC(N)=O)c1cc(OC)ccc1OC. The third kappa shape index (κ3) is 4.28. The highest BCUT2D eigenvalue weighted by Crippen LogP contribution is 2.26. The van der Waals surface area contributed by atoms with Crippen molar-refractivity contribution in [2.45, 2.75) is 19.8 Å². The van der Waals surface area contributed by atoms with Crippen molar-refractivity contribution in [3.05, 3.63) is 23.8 Å². The van der Waals surface area contributed by atoms with Crippen LogP contribution in [0.15, 0.2) is 23.2 Å². The summed E-state index contributed by atoms with van der Waals surface area (Å²) in [7, 11) is 3.20. The molecule has 0 aliphatic carbocycles. The molecule has 0 atom stereocenters. The minimum Gasteiger partial charge on any atom is -0.497 e. The van der Waals surface area contributed by atoms with Gasteiger partial charge in [0, 0.05) is 11.3 Å². The Labute approximate surface area is 113 Å². The summed E-state index contributed by atoms with van der Waals surface area (Å²) in [5.74, 6) is 0.978. The van der Waals surface area contributed by atoms with Gasteiger partial charge in [0.05, 0.1) is 14.2 Å². The Morgan fingerprint density at radius 3 is 2.58 bits per heavy atom. The van der Waals surface area contributed by atoms with Gasteiger partial charge >= 0.3 is 0 Å². The smallest absolute Gasteiger partial charge is 0.239 e. The highest BCUT2D eigenvalue weighted by molar-refractivity contribution is 6.04. The predicted molar refractivity (Wildman–Crippen MR) is 75.1 cm³/mol. The summed E-state index contributed by atoms with van der Waals surface area (Å²) in [6.07, 6.45) is 1.66. The average molecular weight is 264 g/mol. The summed E-state index contributed by atoms with van der Waals surface area (Å²) in [4.78, 5) is 15.1. The van der Waals surface area contributed by atoms with Crippen molar-refractivity contribution in [3.63, 3.8) is 0 Å². The summed E-state index contributed by atoms with van der Waals surface area (Å²) in [5.41, 5.74) is 6.78. The average Bonchev–Trinajstić information content (AvgIpc) is 2.42. The lowest BCUT2D eigenvalue weighted by Crippen LogP contribution is -2.16. The zero-order valence-corrected chi connectivity index (χ0v) is 11.6. The van der Waals surface area contributed by atoms with Crippen molar-refractivity contribution in [3.8, 4) is 11.5 Å². The van der Waals surface area contributed by atoms with Crippen molar-refractivity contribution in [1.82, 2.24) is 0 Å². The van der Waals surface area contributed by atoms with Gasteiger partial charge in [-0.25, -0.2) is 0 Å². The Balaban J connectivity index is 3.19. The fraction of sp³-hybridized carbons (Fsp3) is 0.429. The van der Waals surface area contributed by atoms with E-state index in [4.69, 9.17) is 15.2 Å². The van der Waals surface area contributed by atoms with Crippen molar-refractivity contribution in [2.75, 3.05) is 20.8 Å². The first kappa shape index (κ1) is 15.0. The van der Waals surface area contributed by atoms with Crippen LogP contribution in [0.25, 0.3) is 0 Å². The second kappa shape index (κ2) is 7.41. The van der Waals surface area contributed by atoms with Crippen LogP contribution in [0.4, 0.5) is 0 Å². The van der Waals surface area contributed by atoms with Crippen molar-refractivity contribution in [1.29, 1.82) is 0 Å². The van der Waals surface area contributed by atoms with Gasteiger partial charge in [-0.2, -0.15) is 0 Å². The molecule has 0 spiro atoms. The monoisotopic (exact) mass is 264 g/mol. The van der Waals surface area contributed by atoms with Gasteiger partial charge in [0.2, 0.25) is 5.91 Å². The van der Waals surface area contributed by atoms with Gasteiger partial charge in [0.25, 0.3) is 0 Å². The molecule has 2 N–H and O–H groups in total. The van der Waals surface area contributed by atoms with E-state index in [9.17, 15) is 4.79 Å². The van der Waals surface area contributed by atoms with E-state index in [1.165, 1.54) is 0 Å². The minimum absolute atomic E-state index is 0.0182. The molecule has 5 heteroatoms. The van der Waals surface area contributed by atoms with Gasteiger partial charge in [-0.3, -0.25) is 9.79 Å². The number of ether oxygens (including phenoxy) is 2. The highest BCUT2D eigenvalue weighted by Gasteiger charge is 2.11. The van der Waals surface area contributed by atoms with Crippen molar-refractivity contribution >= 4 is 11.6 Å². The molecule has 0 bridgehead atoms. The topological polar surface area (TPSA) is 73.9 Å². The number of rotatable bonds is 7. The van der Waals surface area contributed by atoms with Crippen LogP contribution >= 0.6 is 0 Å². The van der Waals surface area contributed by atoms with Crippen LogP contribution in [0.1, 0.15) is 25.3 Å². The fourth-order valence-electron chi connectivity index (χ4n) is 1.75. The zero-order chi connectivity index (χ0) is 14.3. The number of nitrogens with two attached hydrogens (primary N) is 1. The number of nitrogens with zero attached hydrogens (tertiary/aromatic N) is 1. The van der Waals surface area contributed by atoms with Crippen LogP contribution in [0.3, 0.4) is 0 Å². The molecule has 0 aliphatic rings. The molecule has 0 unspecified atom stereocenters. The largest absolute Gasteiger partial charge is 0.497 e. The fourth-order valence-corrected chi connectivity index (χ4v) is 1.75. The number of benzene rings is 1. The summed E-state index contributed by atoms with van der Waals surface area (Å²) in [6.45, 7) is 2.03. The first-order valence-corrected chi connectivity index (χ1v) is 6.16. The molecule has 0 aliphatic heterocycles. The van der Waals surface area contributed by atoms with Crippen molar-refractivity contribution in [2.24, 2.45) is 10.7 Å². The van der Waals surface area contributed by atoms with Gasteiger partial charge in [-0.1, -0.05) is 13.3 Å². The van der Waals surface area contributed by atoms with Gasteiger partial charge in [-0.15, -0.1) is 0 Å². The lowest BCUT2D eigenvalue weighted by atomic mass is 10.0. The number of methoxy groups -OCH3 is 2. The molecular weight excluding hydrogens is 244 g/mol. The zero-order valence-electron chi connectivity index (χ0n) is 11.6. The first-order valence-electron chi connectivity index (χ1n) is 6.16. The minimum atomic E-state index is -0.449. The highest BCUT2D eigenvalue weighted by atomic mass is 16.5. The van der Waals surface area contributed by atoms with E-state index in [0.29, 0.717) is 5.75 Å². The molecule has 104 valence electrons. The Kier molecular flexibility index (Phi) is 5.85. The van der Waals surface area contributed by atoms with Crippen LogP contribution in [0.2, 0.25) is 0 Å². The van der Waals surface area contributed by atoms with E-state index < -0.39 is 5.91 Å². The molecule has 1 amide bonds. The van der Waals surface area contributed by atoms with E-state index in [0.717, 1.165) is 29.9 Å². The molecule has 1 aromatic rings. The van der Waals surface area contributed by atoms with E-state index in [2.05, 4.69) is 4.99 Å². The second-order valence-electron chi connectivity index (χ2n) is 4.05. The summed E-state index contributed by atoms with van der Waals surface area (Å²) < 4.78 is 10.5. The molecule has 19 heavy (non-hydrogen) atoms. The maximum absolute atomic E-state index is 10.9. The molecular formula is C14H20N2O3. The van der Waals surface area contributed by atoms with Crippen LogP contribution in [0.5, 0.6) is 11.5 Å². The number of aliphatic imine (C=N–C) groups is 1. The normalized spacial score (nSPS) is 11.2. The van der Waals surface area contributed by atoms with E-state index >= 15 is 0 Å².